The summed E-state index contributed by atoms with van der Waals surface area (Å²) >= 11 is 3.27. The van der Waals surface area contributed by atoms with Crippen LogP contribution in [0.1, 0.15) is 90.8 Å². The van der Waals surface area contributed by atoms with Crippen molar-refractivity contribution in [3.63, 3.8) is 0 Å². The average Bonchev–Trinajstić information content (AvgIpc) is 1.66. The Balaban J connectivity index is 0.883. The topological polar surface area (TPSA) is 341 Å². The van der Waals surface area contributed by atoms with Crippen molar-refractivity contribution in [3.8, 4) is 40.2 Å². The molecule has 0 unspecified atom stereocenters. The molecule has 3 amide bonds. The van der Waals surface area contributed by atoms with E-state index >= 15 is 0 Å². The molecule has 5 aliphatic heterocycles. The van der Waals surface area contributed by atoms with E-state index in [-0.39, 0.29) is 97.7 Å². The van der Waals surface area contributed by atoms with Crippen molar-refractivity contribution in [1.82, 2.24) is 15.1 Å². The quantitative estimate of drug-likeness (QED) is 0.0222. The van der Waals surface area contributed by atoms with Gasteiger partial charge in [0.1, 0.15) is 43.4 Å². The number of azide groups is 1. The van der Waals surface area contributed by atoms with E-state index < -0.39 is 75.9 Å². The molecule has 0 aliphatic carbocycles. The molecular formula is C63H68N8O18S3. The maximum absolute atomic E-state index is 14.4. The molecule has 4 aromatic carbocycles. The fourth-order valence-corrected chi connectivity index (χ4v) is 13.7. The Labute approximate surface area is 537 Å². The van der Waals surface area contributed by atoms with Gasteiger partial charge in [-0.2, -0.15) is 0 Å². The Hall–Kier alpha value is -8.35. The largest absolute Gasteiger partial charge is 0.501 e. The molecule has 0 bridgehead atoms. The number of aliphatic imine (C=N–C) groups is 2. The van der Waals surface area contributed by atoms with E-state index in [0.29, 0.717) is 59.6 Å². The maximum Gasteiger partial charge on any atom is 0.501 e. The number of hydrogen-bond acceptors (Lipinski definition) is 23. The molecule has 5 N–H and O–H groups in total. The first-order valence-corrected chi connectivity index (χ1v) is 32.4. The molecule has 29 heteroatoms. The highest BCUT2D eigenvalue weighted by Gasteiger charge is 2.45. The molecule has 2 aromatic heterocycles. The minimum absolute atomic E-state index is 0.0706. The molecule has 7 heterocycles. The van der Waals surface area contributed by atoms with Gasteiger partial charge in [0.25, 0.3) is 17.7 Å². The normalized spacial score (nSPS) is 20.8. The zero-order valence-electron chi connectivity index (χ0n) is 50.9. The van der Waals surface area contributed by atoms with Crippen LogP contribution in [0.5, 0.6) is 40.2 Å². The predicted octanol–water partition coefficient (Wildman–Crippen LogP) is 7.54. The van der Waals surface area contributed by atoms with Crippen LogP contribution < -0.4 is 37.4 Å². The van der Waals surface area contributed by atoms with Gasteiger partial charge in [-0.1, -0.05) is 32.8 Å². The van der Waals surface area contributed by atoms with Crippen LogP contribution in [0.25, 0.3) is 10.4 Å². The van der Waals surface area contributed by atoms with Crippen LogP contribution in [0, 0.1) is 10.8 Å². The second-order valence-corrected chi connectivity index (χ2v) is 27.4. The smallest absolute Gasteiger partial charge is 0.493 e. The first-order valence-electron chi connectivity index (χ1n) is 29.3. The molecular weight excluding hydrogens is 1250 g/mol. The molecule has 26 nitrogen and oxygen atoms in total. The molecule has 486 valence electrons. The number of hydrogen-bond donors (Lipinski definition) is 5. The van der Waals surface area contributed by atoms with Crippen molar-refractivity contribution in [1.29, 1.82) is 0 Å². The molecule has 1 saturated heterocycles. The zero-order chi connectivity index (χ0) is 65.2. The summed E-state index contributed by atoms with van der Waals surface area (Å²) in [4.78, 5) is 60.4. The minimum Gasteiger partial charge on any atom is -0.493 e. The molecule has 92 heavy (non-hydrogen) atoms. The number of nitrogens with zero attached hydrogens (tertiary/aromatic N) is 7. The lowest BCUT2D eigenvalue weighted by Crippen LogP contribution is -2.60. The monoisotopic (exact) mass is 1320 g/mol. The van der Waals surface area contributed by atoms with E-state index in [1.807, 2.05) is 50.6 Å². The summed E-state index contributed by atoms with van der Waals surface area (Å²) in [6.45, 7) is 7.70. The maximum atomic E-state index is 14.4. The van der Waals surface area contributed by atoms with Crippen LogP contribution >= 0.6 is 22.7 Å². The van der Waals surface area contributed by atoms with Gasteiger partial charge in [0.05, 0.1) is 68.6 Å². The third-order valence-electron chi connectivity index (χ3n) is 16.0. The Morgan fingerprint density at radius 2 is 1.29 bits per heavy atom. The first-order chi connectivity index (χ1) is 44.0. The van der Waals surface area contributed by atoms with Crippen molar-refractivity contribution in [2.75, 3.05) is 47.1 Å². The Morgan fingerprint density at radius 1 is 0.728 bits per heavy atom. The first kappa shape index (κ1) is 65.2. The SMILES string of the molecule is COc1cc2c(cc1OCc1cc(COc3cc4c(cc3OC)C(=O)N3Cc5ccsc5C[C@H]3C=N4)cc(OS(=O)(=O)Oc3cc(C(=O)NCC(C)(C)COCC(C)(C)CN=[N+]=[N-])ccc3O[C@@H]3O[C@H](CO)[C@H](O)[C@H](O)[C@H]3O)c1)N=C[C@@H]1Cc3sccc3CN1C2=O. The highest BCUT2D eigenvalue weighted by molar-refractivity contribution is 7.82. The van der Waals surface area contributed by atoms with Crippen LogP contribution in [0.2, 0.25) is 0 Å². The molecule has 5 aliphatic rings. The van der Waals surface area contributed by atoms with Crippen LogP contribution in [0.3, 0.4) is 0 Å². The van der Waals surface area contributed by atoms with Crippen molar-refractivity contribution in [2.24, 2.45) is 25.9 Å². The lowest BCUT2D eigenvalue weighted by molar-refractivity contribution is -0.277. The van der Waals surface area contributed by atoms with Gasteiger partial charge in [-0.05, 0) is 105 Å². The van der Waals surface area contributed by atoms with E-state index in [0.717, 1.165) is 23.3 Å². The predicted molar refractivity (Wildman–Crippen MR) is 337 cm³/mol. The molecule has 11 rings (SSSR count). The Bertz CT molecular complexity index is 3860. The van der Waals surface area contributed by atoms with Gasteiger partial charge in [0.2, 0.25) is 6.29 Å². The van der Waals surface area contributed by atoms with Crippen molar-refractivity contribution >= 4 is 74.6 Å². The number of thiophene rings is 2. The number of carbonyl (C=O) groups is 3. The number of carbonyl (C=O) groups excluding carboxylic acids is 3. The minimum atomic E-state index is -5.29. The molecule has 0 spiro atoms. The number of ether oxygens (including phenoxy) is 7. The fraction of sp³-hybridized carbons (Fsp3) is 0.413. The van der Waals surface area contributed by atoms with Gasteiger partial charge in [-0.15, -0.1) is 31.1 Å². The van der Waals surface area contributed by atoms with E-state index in [4.69, 9.17) is 57.0 Å². The van der Waals surface area contributed by atoms with Crippen molar-refractivity contribution in [3.05, 3.63) is 143 Å². The standard InChI is InChI=1S/C63H68N8O18S3/c1-62(2,32-83-33-63(3,4)31-68-69-64)30-67-58(76)36-7-8-46(86-61-57(75)56(74)55(73)52(27-72)87-61)51(16-36)89-92(79,80)88-41-14-34(28-84-49-21-44-42(19-47(49)81-5)59(77)70-25-37-9-11-90-53(37)17-39(70)23-65-44)13-35(15-41)29-85-50-22-45-43(20-48(50)82-6)60(78)71-26-38-10-12-91-54(38)18-40(71)24-66-45/h7-16,19-24,39-40,52,55-57,61,72-75H,17-18,25-33H2,1-6H3,(H,67,76)/t39-,40-,52+,55-,56-,57+,61+/m0/s1. The number of methoxy groups -OCH3 is 2. The Kier molecular flexibility index (Phi) is 19.2. The van der Waals surface area contributed by atoms with Gasteiger partial charge >= 0.3 is 10.4 Å². The molecule has 7 atom stereocenters. The van der Waals surface area contributed by atoms with Gasteiger partial charge in [0, 0.05) is 89.2 Å². The summed E-state index contributed by atoms with van der Waals surface area (Å²) in [5.41, 5.74) is 11.7. The molecule has 0 saturated carbocycles. The number of rotatable bonds is 24. The summed E-state index contributed by atoms with van der Waals surface area (Å²) in [6.07, 6.45) is -4.08. The summed E-state index contributed by atoms with van der Waals surface area (Å²) < 4.78 is 82.0. The van der Waals surface area contributed by atoms with E-state index in [1.54, 1.807) is 75.2 Å². The second kappa shape index (κ2) is 27.1. The lowest BCUT2D eigenvalue weighted by Gasteiger charge is -2.39. The van der Waals surface area contributed by atoms with Crippen LogP contribution in [-0.4, -0.2) is 159 Å². The third kappa shape index (κ3) is 14.5. The number of aliphatic hydroxyl groups excluding tert-OH is 4. The summed E-state index contributed by atoms with van der Waals surface area (Å²) in [5, 5.41) is 52.5. The van der Waals surface area contributed by atoms with E-state index in [2.05, 4.69) is 15.3 Å². The van der Waals surface area contributed by atoms with Gasteiger partial charge in [-0.3, -0.25) is 24.4 Å². The van der Waals surface area contributed by atoms with Gasteiger partial charge in [0.15, 0.2) is 34.5 Å². The highest BCUT2D eigenvalue weighted by atomic mass is 32.3. The van der Waals surface area contributed by atoms with Gasteiger partial charge in [-0.25, -0.2) is 0 Å². The number of fused-ring (bicyclic) bond motifs is 6. The molecule has 1 fully saturated rings. The fourth-order valence-electron chi connectivity index (χ4n) is 11.1. The highest BCUT2D eigenvalue weighted by Crippen LogP contribution is 2.43. The van der Waals surface area contributed by atoms with Crippen molar-refractivity contribution in [2.45, 2.75) is 110 Å². The van der Waals surface area contributed by atoms with E-state index in [1.165, 1.54) is 42.2 Å². The lowest BCUT2D eigenvalue weighted by atomic mass is 9.93. The third-order valence-corrected chi connectivity index (χ3v) is 18.8. The summed E-state index contributed by atoms with van der Waals surface area (Å²) in [6, 6.07) is 17.6. The number of nitrogens with one attached hydrogen (secondary N) is 1. The van der Waals surface area contributed by atoms with Gasteiger partial charge < -0.3 is 77.1 Å². The summed E-state index contributed by atoms with van der Waals surface area (Å²) in [5.74, 6) is -1.77. The van der Waals surface area contributed by atoms with E-state index in [9.17, 15) is 43.2 Å². The van der Waals surface area contributed by atoms with Crippen LogP contribution in [0.4, 0.5) is 11.4 Å². The molecule has 6 aromatic rings. The average molecular weight is 1320 g/mol. The number of amides is 3. The summed E-state index contributed by atoms with van der Waals surface area (Å²) in [7, 11) is -2.43. The number of benzene rings is 4. The second-order valence-electron chi connectivity index (χ2n) is 24.3. The van der Waals surface area contributed by atoms with Crippen molar-refractivity contribution < 1.29 is 84.8 Å². The van der Waals surface area contributed by atoms with Crippen LogP contribution in [-0.2, 0) is 59.0 Å². The Morgan fingerprint density at radius 3 is 1.84 bits per heavy atom. The van der Waals surface area contributed by atoms with Crippen LogP contribution in [0.15, 0.2) is 98.7 Å². The zero-order valence-corrected chi connectivity index (χ0v) is 53.4. The number of aliphatic hydroxyl groups is 4. The molecule has 0 radical (unpaired) electrons.